The van der Waals surface area contributed by atoms with Crippen molar-refractivity contribution in [3.05, 3.63) is 0 Å². The first-order valence-corrected chi connectivity index (χ1v) is 5.25. The number of likely N-dealkylation sites (N-methyl/N-ethyl adjacent to an activating group) is 1. The Hall–Kier alpha value is -0.610. The van der Waals surface area contributed by atoms with Crippen LogP contribution in [0, 0.1) is 0 Å². The normalized spacial score (nSPS) is 23.5. The summed E-state index contributed by atoms with van der Waals surface area (Å²) in [6.07, 6.45) is 2.37. The molecule has 1 rings (SSSR count). The predicted octanol–water partition coefficient (Wildman–Crippen LogP) is -0.0323. The molecule has 0 aliphatic carbocycles. The van der Waals surface area contributed by atoms with Gasteiger partial charge < -0.3 is 15.3 Å². The molecule has 1 heterocycles. The van der Waals surface area contributed by atoms with Crippen molar-refractivity contribution in [2.24, 2.45) is 0 Å². The Morgan fingerprint density at radius 1 is 1.71 bits per heavy atom. The van der Waals surface area contributed by atoms with Crippen molar-refractivity contribution in [2.45, 2.75) is 38.3 Å². The number of carbonyl (C=O) groups excluding carboxylic acids is 1. The van der Waals surface area contributed by atoms with Crippen LogP contribution in [0.5, 0.6) is 0 Å². The Balaban J connectivity index is 2.25. The summed E-state index contributed by atoms with van der Waals surface area (Å²) < 4.78 is 0. The van der Waals surface area contributed by atoms with Crippen LogP contribution in [-0.4, -0.2) is 48.2 Å². The van der Waals surface area contributed by atoms with E-state index in [-0.39, 0.29) is 5.91 Å². The summed E-state index contributed by atoms with van der Waals surface area (Å²) >= 11 is 0. The summed E-state index contributed by atoms with van der Waals surface area (Å²) in [5, 5.41) is 12.4. The molecule has 1 amide bonds. The third-order valence-corrected chi connectivity index (χ3v) is 2.55. The van der Waals surface area contributed by atoms with Gasteiger partial charge in [0.1, 0.15) is 0 Å². The molecule has 0 aromatic heterocycles. The van der Waals surface area contributed by atoms with Gasteiger partial charge in [-0.15, -0.1) is 0 Å². The van der Waals surface area contributed by atoms with Gasteiger partial charge in [-0.25, -0.2) is 0 Å². The van der Waals surface area contributed by atoms with Crippen LogP contribution in [0.25, 0.3) is 0 Å². The Bertz CT molecular complexity index is 189. The van der Waals surface area contributed by atoms with E-state index >= 15 is 0 Å². The number of hydrogen-bond acceptors (Lipinski definition) is 3. The second-order valence-corrected chi connectivity index (χ2v) is 4.12. The van der Waals surface area contributed by atoms with Crippen LogP contribution in [0.2, 0.25) is 0 Å². The first-order chi connectivity index (χ1) is 6.59. The van der Waals surface area contributed by atoms with Crippen molar-refractivity contribution < 1.29 is 9.90 Å². The van der Waals surface area contributed by atoms with E-state index in [2.05, 4.69) is 5.32 Å². The molecule has 0 saturated carbocycles. The van der Waals surface area contributed by atoms with Crippen LogP contribution in [0.1, 0.15) is 26.2 Å². The number of nitrogens with one attached hydrogen (secondary N) is 1. The smallest absolute Gasteiger partial charge is 0.223 e. The van der Waals surface area contributed by atoms with E-state index in [1.165, 1.54) is 0 Å². The van der Waals surface area contributed by atoms with Crippen molar-refractivity contribution in [1.82, 2.24) is 10.2 Å². The molecule has 0 aromatic rings. The molecular formula is C10H20N2O2. The first-order valence-electron chi connectivity index (χ1n) is 5.25. The zero-order valence-corrected chi connectivity index (χ0v) is 8.99. The Labute approximate surface area is 85.3 Å². The summed E-state index contributed by atoms with van der Waals surface area (Å²) in [4.78, 5) is 13.2. The zero-order chi connectivity index (χ0) is 10.6. The minimum absolute atomic E-state index is 0.116. The maximum atomic E-state index is 11.6. The molecule has 0 radical (unpaired) electrons. The average molecular weight is 200 g/mol. The van der Waals surface area contributed by atoms with Gasteiger partial charge in [0.25, 0.3) is 0 Å². The van der Waals surface area contributed by atoms with Gasteiger partial charge in [0.2, 0.25) is 5.91 Å². The Kier molecular flexibility index (Phi) is 4.35. The molecule has 4 nitrogen and oxygen atoms in total. The van der Waals surface area contributed by atoms with E-state index in [1.54, 1.807) is 18.9 Å². The molecule has 1 aliphatic rings. The number of hydrogen-bond donors (Lipinski definition) is 2. The van der Waals surface area contributed by atoms with Crippen LogP contribution in [-0.2, 0) is 4.79 Å². The van der Waals surface area contributed by atoms with Crippen molar-refractivity contribution in [2.75, 3.05) is 20.1 Å². The molecule has 14 heavy (non-hydrogen) atoms. The lowest BCUT2D eigenvalue weighted by Crippen LogP contribution is -2.36. The molecule has 0 aromatic carbocycles. The lowest BCUT2D eigenvalue weighted by molar-refractivity contribution is -0.131. The summed E-state index contributed by atoms with van der Waals surface area (Å²) in [5.41, 5.74) is 0. The minimum Gasteiger partial charge on any atom is -0.392 e. The van der Waals surface area contributed by atoms with E-state index in [4.69, 9.17) is 5.11 Å². The van der Waals surface area contributed by atoms with E-state index in [0.717, 1.165) is 19.4 Å². The molecule has 1 fully saturated rings. The average Bonchev–Trinajstić information content (AvgIpc) is 2.55. The number of rotatable bonds is 4. The molecule has 2 atom stereocenters. The molecule has 4 heteroatoms. The first kappa shape index (κ1) is 11.5. The van der Waals surface area contributed by atoms with Gasteiger partial charge in [0.05, 0.1) is 6.10 Å². The highest BCUT2D eigenvalue weighted by Gasteiger charge is 2.20. The number of nitrogens with zero attached hydrogens (tertiary/aromatic N) is 1. The van der Waals surface area contributed by atoms with Crippen LogP contribution in [0.15, 0.2) is 0 Å². The second kappa shape index (κ2) is 5.32. The summed E-state index contributed by atoms with van der Waals surface area (Å²) in [5.74, 6) is 0.116. The Morgan fingerprint density at radius 3 is 2.93 bits per heavy atom. The molecule has 2 unspecified atom stereocenters. The molecule has 1 saturated heterocycles. The fraction of sp³-hybridized carbons (Fsp3) is 0.900. The van der Waals surface area contributed by atoms with Gasteiger partial charge in [-0.05, 0) is 26.3 Å². The van der Waals surface area contributed by atoms with Crippen LogP contribution in [0.3, 0.4) is 0 Å². The number of carbonyl (C=O) groups is 1. The van der Waals surface area contributed by atoms with Gasteiger partial charge in [-0.1, -0.05) is 0 Å². The van der Waals surface area contributed by atoms with Crippen molar-refractivity contribution in [3.8, 4) is 0 Å². The van der Waals surface area contributed by atoms with Crippen molar-refractivity contribution >= 4 is 5.91 Å². The molecule has 82 valence electrons. The monoisotopic (exact) mass is 200 g/mol. The lowest BCUT2D eigenvalue weighted by Gasteiger charge is -2.20. The fourth-order valence-electron chi connectivity index (χ4n) is 1.80. The van der Waals surface area contributed by atoms with Crippen LogP contribution < -0.4 is 5.32 Å². The molecule has 0 spiro atoms. The highest BCUT2D eigenvalue weighted by molar-refractivity contribution is 5.76. The highest BCUT2D eigenvalue weighted by atomic mass is 16.3. The quantitative estimate of drug-likeness (QED) is 0.670. The maximum Gasteiger partial charge on any atom is 0.223 e. The summed E-state index contributed by atoms with van der Waals surface area (Å²) in [6, 6.07) is 0.346. The van der Waals surface area contributed by atoms with Gasteiger partial charge in [-0.3, -0.25) is 4.79 Å². The highest BCUT2D eigenvalue weighted by Crippen LogP contribution is 2.09. The summed E-state index contributed by atoms with van der Waals surface area (Å²) in [7, 11) is 1.74. The molecule has 1 aliphatic heterocycles. The largest absolute Gasteiger partial charge is 0.392 e. The number of amides is 1. The van der Waals surface area contributed by atoms with Gasteiger partial charge in [0, 0.05) is 26.1 Å². The second-order valence-electron chi connectivity index (χ2n) is 4.12. The third-order valence-electron chi connectivity index (χ3n) is 2.55. The van der Waals surface area contributed by atoms with E-state index < -0.39 is 6.10 Å². The number of aliphatic hydroxyl groups excluding tert-OH is 1. The standard InChI is InChI=1S/C10H20N2O2/c1-8(13)7-12(2)10(14)6-9-4-3-5-11-9/h8-9,11,13H,3-7H2,1-2H3. The lowest BCUT2D eigenvalue weighted by atomic mass is 10.1. The predicted molar refractivity (Wildman–Crippen MR) is 55.0 cm³/mol. The topological polar surface area (TPSA) is 52.6 Å². The SMILES string of the molecule is CC(O)CN(C)C(=O)CC1CCCN1. The number of aliphatic hydroxyl groups is 1. The molecule has 0 bridgehead atoms. The zero-order valence-electron chi connectivity index (χ0n) is 8.99. The fourth-order valence-corrected chi connectivity index (χ4v) is 1.80. The third kappa shape index (κ3) is 3.64. The molecular weight excluding hydrogens is 180 g/mol. The van der Waals surface area contributed by atoms with Crippen LogP contribution in [0.4, 0.5) is 0 Å². The van der Waals surface area contributed by atoms with Gasteiger partial charge >= 0.3 is 0 Å². The van der Waals surface area contributed by atoms with E-state index in [0.29, 0.717) is 19.0 Å². The van der Waals surface area contributed by atoms with Crippen molar-refractivity contribution in [3.63, 3.8) is 0 Å². The van der Waals surface area contributed by atoms with Gasteiger partial charge in [0.15, 0.2) is 0 Å². The maximum absolute atomic E-state index is 11.6. The minimum atomic E-state index is -0.444. The van der Waals surface area contributed by atoms with Gasteiger partial charge in [-0.2, -0.15) is 0 Å². The van der Waals surface area contributed by atoms with E-state index in [1.807, 2.05) is 0 Å². The molecule has 2 N–H and O–H groups in total. The van der Waals surface area contributed by atoms with Crippen LogP contribution >= 0.6 is 0 Å². The van der Waals surface area contributed by atoms with Crippen molar-refractivity contribution in [1.29, 1.82) is 0 Å². The Morgan fingerprint density at radius 2 is 2.43 bits per heavy atom. The summed E-state index contributed by atoms with van der Waals surface area (Å²) in [6.45, 7) is 3.14. The van der Waals surface area contributed by atoms with E-state index in [9.17, 15) is 4.79 Å².